The van der Waals surface area contributed by atoms with Crippen LogP contribution in [0, 0.1) is 11.3 Å². The fourth-order valence-corrected chi connectivity index (χ4v) is 3.12. The van der Waals surface area contributed by atoms with E-state index in [0.29, 0.717) is 23.0 Å². The van der Waals surface area contributed by atoms with Gasteiger partial charge in [0.2, 0.25) is 0 Å². The first kappa shape index (κ1) is 21.7. The molecule has 160 valence electrons. The molecule has 9 heteroatoms. The summed E-state index contributed by atoms with van der Waals surface area (Å²) in [5, 5.41) is 33.7. The number of methoxy groups -OCH3 is 1. The number of fused-ring (bicyclic) bond motifs is 1. The summed E-state index contributed by atoms with van der Waals surface area (Å²) in [6.45, 7) is 0.118. The minimum atomic E-state index is -1.24. The van der Waals surface area contributed by atoms with Gasteiger partial charge in [-0.3, -0.25) is 14.8 Å². The lowest BCUT2D eigenvalue weighted by Crippen LogP contribution is -2.39. The molecule has 0 saturated heterocycles. The van der Waals surface area contributed by atoms with Crippen molar-refractivity contribution in [3.05, 3.63) is 65.4 Å². The van der Waals surface area contributed by atoms with Crippen molar-refractivity contribution in [1.82, 2.24) is 10.4 Å². The number of ether oxygens (including phenoxy) is 2. The summed E-state index contributed by atoms with van der Waals surface area (Å²) >= 11 is 0. The van der Waals surface area contributed by atoms with Crippen molar-refractivity contribution in [2.45, 2.75) is 18.9 Å². The van der Waals surface area contributed by atoms with Crippen molar-refractivity contribution in [1.29, 1.82) is 5.26 Å². The highest BCUT2D eigenvalue weighted by Gasteiger charge is 2.36. The third-order valence-electron chi connectivity index (χ3n) is 4.66. The maximum Gasteiger partial charge on any atom is 0.305 e. The van der Waals surface area contributed by atoms with Gasteiger partial charge in [-0.05, 0) is 36.8 Å². The van der Waals surface area contributed by atoms with Crippen LogP contribution >= 0.6 is 0 Å². The number of esters is 1. The van der Waals surface area contributed by atoms with Gasteiger partial charge >= 0.3 is 5.97 Å². The fourth-order valence-electron chi connectivity index (χ4n) is 3.12. The van der Waals surface area contributed by atoms with Crippen molar-refractivity contribution < 1.29 is 29.4 Å². The molecular weight excluding hydrogens is 402 g/mol. The second kappa shape index (κ2) is 9.65. The molecule has 0 fully saturated rings. The van der Waals surface area contributed by atoms with Crippen molar-refractivity contribution in [2.24, 2.45) is 0 Å². The first-order valence-corrected chi connectivity index (χ1v) is 9.49. The number of hydrogen-bond acceptors (Lipinski definition) is 8. The van der Waals surface area contributed by atoms with Crippen LogP contribution in [0.2, 0.25) is 0 Å². The lowest BCUT2D eigenvalue weighted by atomic mass is 9.94. The Labute approximate surface area is 178 Å². The summed E-state index contributed by atoms with van der Waals surface area (Å²) in [5.41, 5.74) is 0.0731. The van der Waals surface area contributed by atoms with Gasteiger partial charge in [-0.2, -0.15) is 5.26 Å². The van der Waals surface area contributed by atoms with Gasteiger partial charge in [-0.25, -0.2) is 5.06 Å². The number of nitrogens with zero attached hydrogens (tertiary/aromatic N) is 2. The number of aliphatic hydroxyl groups excluding tert-OH is 1. The van der Waals surface area contributed by atoms with Gasteiger partial charge in [-0.15, -0.1) is 0 Å². The van der Waals surface area contributed by atoms with Crippen LogP contribution in [0.25, 0.3) is 5.76 Å². The maximum absolute atomic E-state index is 12.5. The monoisotopic (exact) mass is 423 g/mol. The summed E-state index contributed by atoms with van der Waals surface area (Å²) in [6, 6.07) is 14.3. The minimum absolute atomic E-state index is 0.110. The molecule has 1 unspecified atom stereocenters. The predicted molar refractivity (Wildman–Crippen MR) is 109 cm³/mol. The van der Waals surface area contributed by atoms with E-state index in [1.807, 2.05) is 24.3 Å². The van der Waals surface area contributed by atoms with E-state index in [1.54, 1.807) is 18.2 Å². The molecular formula is C22H21N3O6. The van der Waals surface area contributed by atoms with Gasteiger partial charge in [0.1, 0.15) is 11.5 Å². The number of carbonyl (C=O) groups excluding carboxylic acids is 2. The number of hydroxylamine groups is 2. The third kappa shape index (κ3) is 4.76. The number of aliphatic hydroxyl groups is 1. The molecule has 31 heavy (non-hydrogen) atoms. The average molecular weight is 423 g/mol. The highest BCUT2D eigenvalue weighted by molar-refractivity contribution is 6.00. The fraction of sp³-hybridized carbons (Fsp3) is 0.227. The summed E-state index contributed by atoms with van der Waals surface area (Å²) in [6.07, 6.45) is 0.425. The van der Waals surface area contributed by atoms with Crippen LogP contribution < -0.4 is 10.1 Å². The average Bonchev–Trinajstić information content (AvgIpc) is 2.77. The molecule has 0 radical (unpaired) electrons. The van der Waals surface area contributed by atoms with Crippen LogP contribution in [0.5, 0.6) is 11.5 Å². The number of benzene rings is 2. The van der Waals surface area contributed by atoms with E-state index in [9.17, 15) is 25.2 Å². The van der Waals surface area contributed by atoms with E-state index in [1.165, 1.54) is 19.2 Å². The second-order valence-electron chi connectivity index (χ2n) is 6.67. The number of nitrogens with one attached hydrogen (secondary N) is 1. The Balaban J connectivity index is 1.83. The van der Waals surface area contributed by atoms with Crippen molar-refractivity contribution in [3.63, 3.8) is 0 Å². The second-order valence-corrected chi connectivity index (χ2v) is 6.67. The topological polar surface area (TPSA) is 132 Å². The summed E-state index contributed by atoms with van der Waals surface area (Å²) in [5.74, 6) is -0.674. The Hall–Kier alpha value is -4.03. The summed E-state index contributed by atoms with van der Waals surface area (Å²) < 4.78 is 10.3. The minimum Gasteiger partial charge on any atom is -0.505 e. The van der Waals surface area contributed by atoms with E-state index >= 15 is 0 Å². The normalized spacial score (nSPS) is 15.0. The molecule has 2 aromatic rings. The van der Waals surface area contributed by atoms with Gasteiger partial charge in [0.05, 0.1) is 13.2 Å². The zero-order valence-electron chi connectivity index (χ0n) is 16.7. The number of nitriles is 1. The molecule has 1 aliphatic heterocycles. The summed E-state index contributed by atoms with van der Waals surface area (Å²) in [4.78, 5) is 23.7. The van der Waals surface area contributed by atoms with E-state index in [-0.39, 0.29) is 24.1 Å². The molecule has 1 aliphatic rings. The molecule has 1 amide bonds. The van der Waals surface area contributed by atoms with E-state index in [0.717, 1.165) is 0 Å². The lowest BCUT2D eigenvalue weighted by molar-refractivity contribution is -0.141. The van der Waals surface area contributed by atoms with Crippen LogP contribution in [0.4, 0.5) is 0 Å². The number of rotatable bonds is 7. The zero-order chi connectivity index (χ0) is 22.4. The number of para-hydroxylation sites is 1. The molecule has 0 saturated carbocycles. The molecule has 0 aromatic heterocycles. The Morgan fingerprint density at radius 1 is 1.19 bits per heavy atom. The Kier molecular flexibility index (Phi) is 6.74. The standard InChI is InChI=1S/C22H21N3O6/c1-30-19(26)8-5-11-24-22(28)20-21(27)16-10-9-15(31-14-6-3-2-4-7-14)12-17(16)18(13-23)25(20)29/h2-4,6-7,9-10,12,18,27,29H,5,8,11H2,1H3,(H,24,28). The number of amides is 1. The zero-order valence-corrected chi connectivity index (χ0v) is 16.7. The molecule has 0 spiro atoms. The third-order valence-corrected chi connectivity index (χ3v) is 4.66. The smallest absolute Gasteiger partial charge is 0.305 e. The molecule has 9 nitrogen and oxygen atoms in total. The molecule has 3 rings (SSSR count). The SMILES string of the molecule is COC(=O)CCCNC(=O)C1=C(O)c2ccc(Oc3ccccc3)cc2C(C#N)N1O. The van der Waals surface area contributed by atoms with Gasteiger partial charge in [0.25, 0.3) is 5.91 Å². The Morgan fingerprint density at radius 3 is 2.61 bits per heavy atom. The van der Waals surface area contributed by atoms with Crippen LogP contribution in [-0.2, 0) is 14.3 Å². The molecule has 0 bridgehead atoms. The van der Waals surface area contributed by atoms with Gasteiger partial charge < -0.3 is 19.9 Å². The number of carbonyl (C=O) groups is 2. The van der Waals surface area contributed by atoms with Crippen LogP contribution in [-0.4, -0.2) is 40.9 Å². The van der Waals surface area contributed by atoms with Crippen molar-refractivity contribution in [3.8, 4) is 17.6 Å². The highest BCUT2D eigenvalue weighted by Crippen LogP contribution is 2.39. The van der Waals surface area contributed by atoms with Crippen molar-refractivity contribution >= 4 is 17.6 Å². The molecule has 1 atom stereocenters. The molecule has 3 N–H and O–H groups in total. The quantitative estimate of drug-likeness (QED) is 0.457. The molecule has 1 heterocycles. The Morgan fingerprint density at radius 2 is 1.94 bits per heavy atom. The predicted octanol–water partition coefficient (Wildman–Crippen LogP) is 3.04. The van der Waals surface area contributed by atoms with Gasteiger partial charge in [0.15, 0.2) is 17.5 Å². The van der Waals surface area contributed by atoms with E-state index in [4.69, 9.17) is 4.74 Å². The first-order chi connectivity index (χ1) is 15.0. The molecule has 0 aliphatic carbocycles. The number of hydrogen-bond donors (Lipinski definition) is 3. The van der Waals surface area contributed by atoms with Gasteiger partial charge in [-0.1, -0.05) is 18.2 Å². The first-order valence-electron chi connectivity index (χ1n) is 9.49. The largest absolute Gasteiger partial charge is 0.505 e. The van der Waals surface area contributed by atoms with Crippen LogP contribution in [0.1, 0.15) is 30.0 Å². The highest BCUT2D eigenvalue weighted by atomic mass is 16.5. The van der Waals surface area contributed by atoms with Crippen molar-refractivity contribution in [2.75, 3.05) is 13.7 Å². The lowest BCUT2D eigenvalue weighted by Gasteiger charge is -2.31. The summed E-state index contributed by atoms with van der Waals surface area (Å²) in [7, 11) is 1.27. The van der Waals surface area contributed by atoms with Crippen LogP contribution in [0.15, 0.2) is 54.2 Å². The van der Waals surface area contributed by atoms with E-state index < -0.39 is 29.4 Å². The van der Waals surface area contributed by atoms with Gasteiger partial charge in [0, 0.05) is 24.1 Å². The Bertz CT molecular complexity index is 1040. The van der Waals surface area contributed by atoms with E-state index in [2.05, 4.69) is 10.1 Å². The van der Waals surface area contributed by atoms with Crippen LogP contribution in [0.3, 0.4) is 0 Å². The maximum atomic E-state index is 12.5. The molecule has 2 aromatic carbocycles.